The van der Waals surface area contributed by atoms with Gasteiger partial charge in [-0.2, -0.15) is 0 Å². The lowest BCUT2D eigenvalue weighted by atomic mass is 10.0. The average molecular weight is 408 g/mol. The summed E-state index contributed by atoms with van der Waals surface area (Å²) in [5, 5.41) is 21.2. The van der Waals surface area contributed by atoms with E-state index < -0.39 is 0 Å². The van der Waals surface area contributed by atoms with Crippen molar-refractivity contribution < 1.29 is 4.79 Å². The predicted octanol–water partition coefficient (Wildman–Crippen LogP) is 1.31. The van der Waals surface area contributed by atoms with Gasteiger partial charge in [0.15, 0.2) is 0 Å². The van der Waals surface area contributed by atoms with Crippen molar-refractivity contribution in [3.8, 4) is 5.69 Å². The largest absolute Gasteiger partial charge is 0.338 e. The van der Waals surface area contributed by atoms with E-state index in [-0.39, 0.29) is 17.5 Å². The van der Waals surface area contributed by atoms with Crippen molar-refractivity contribution in [2.75, 3.05) is 13.1 Å². The summed E-state index contributed by atoms with van der Waals surface area (Å²) in [6, 6.07) is 8.93. The number of piperidine rings is 1. The van der Waals surface area contributed by atoms with Crippen LogP contribution >= 0.6 is 11.3 Å². The smallest absolute Gasteiger partial charge is 0.287 e. The summed E-state index contributed by atoms with van der Waals surface area (Å²) in [4.78, 5) is 27.4. The van der Waals surface area contributed by atoms with E-state index in [4.69, 9.17) is 0 Å². The van der Waals surface area contributed by atoms with Crippen molar-refractivity contribution >= 4 is 27.5 Å². The zero-order chi connectivity index (χ0) is 19.8. The van der Waals surface area contributed by atoms with E-state index >= 15 is 0 Å². The van der Waals surface area contributed by atoms with Crippen LogP contribution in [-0.2, 0) is 0 Å². The molecule has 0 saturated carbocycles. The Morgan fingerprint density at radius 1 is 1.14 bits per heavy atom. The topological polar surface area (TPSA) is 112 Å². The summed E-state index contributed by atoms with van der Waals surface area (Å²) in [6.45, 7) is 1.10. The molecule has 1 saturated heterocycles. The fraction of sp³-hybridized carbons (Fsp3) is 0.278. The average Bonchev–Trinajstić information content (AvgIpc) is 3.46. The minimum atomic E-state index is -0.107. The maximum atomic E-state index is 12.9. The summed E-state index contributed by atoms with van der Waals surface area (Å²) in [6.07, 6.45) is 2.80. The highest BCUT2D eigenvalue weighted by Crippen LogP contribution is 2.23. The second-order valence-corrected chi connectivity index (χ2v) is 7.72. The first-order valence-corrected chi connectivity index (χ1v) is 10.0. The Kier molecular flexibility index (Phi) is 4.35. The fourth-order valence-electron chi connectivity index (χ4n) is 3.58. The third kappa shape index (κ3) is 3.18. The first kappa shape index (κ1) is 17.6. The maximum Gasteiger partial charge on any atom is 0.287 e. The summed E-state index contributed by atoms with van der Waals surface area (Å²) in [5.74, 6) is -0.0504. The minimum absolute atomic E-state index is 0.0504. The first-order valence-electron chi connectivity index (χ1n) is 9.16. The minimum Gasteiger partial charge on any atom is -0.338 e. The molecular formula is C18H16N8O2S. The molecular weight excluding hydrogens is 392 g/mol. The van der Waals surface area contributed by atoms with Gasteiger partial charge in [-0.05, 0) is 52.9 Å². The number of hydrogen-bond acceptors (Lipinski definition) is 8. The molecule has 146 valence electrons. The number of tetrazole rings is 1. The van der Waals surface area contributed by atoms with Crippen LogP contribution < -0.4 is 5.56 Å². The first-order chi connectivity index (χ1) is 14.2. The van der Waals surface area contributed by atoms with Gasteiger partial charge in [0, 0.05) is 18.7 Å². The van der Waals surface area contributed by atoms with E-state index in [1.807, 2.05) is 17.5 Å². The molecule has 0 bridgehead atoms. The highest BCUT2D eigenvalue weighted by molar-refractivity contribution is 7.17. The lowest BCUT2D eigenvalue weighted by Gasteiger charge is -2.32. The molecule has 1 aromatic carbocycles. The van der Waals surface area contributed by atoms with Gasteiger partial charge in [-0.15, -0.1) is 21.5 Å². The second kappa shape index (κ2) is 7.17. The van der Waals surface area contributed by atoms with Crippen molar-refractivity contribution in [2.45, 2.75) is 18.9 Å². The number of hydrogen-bond donors (Lipinski definition) is 0. The standard InChI is InChI=1S/C18H16N8O2S/c27-17(12-2-1-3-14(10-12)25-11-19-21-23-25)24-7-4-13(5-8-24)26-18(28)16-15(20-22-26)6-9-29-16/h1-3,6,9-11,13H,4-5,7-8H2. The Hall–Kier alpha value is -3.47. The number of carbonyl (C=O) groups excluding carboxylic acids is 1. The van der Waals surface area contributed by atoms with E-state index in [1.165, 1.54) is 27.0 Å². The summed E-state index contributed by atoms with van der Waals surface area (Å²) >= 11 is 1.38. The zero-order valence-corrected chi connectivity index (χ0v) is 16.1. The molecule has 1 fully saturated rings. The van der Waals surface area contributed by atoms with Gasteiger partial charge < -0.3 is 4.90 Å². The number of nitrogens with zero attached hydrogens (tertiary/aromatic N) is 8. The number of fused-ring (bicyclic) bond motifs is 1. The number of rotatable bonds is 3. The van der Waals surface area contributed by atoms with Crippen LogP contribution in [0.4, 0.5) is 0 Å². The summed E-state index contributed by atoms with van der Waals surface area (Å²) in [7, 11) is 0. The third-order valence-electron chi connectivity index (χ3n) is 5.10. The van der Waals surface area contributed by atoms with Crippen molar-refractivity contribution in [3.05, 3.63) is 58.0 Å². The molecule has 0 unspecified atom stereocenters. The van der Waals surface area contributed by atoms with E-state index in [9.17, 15) is 9.59 Å². The molecule has 4 heterocycles. The molecule has 3 aromatic heterocycles. The lowest BCUT2D eigenvalue weighted by molar-refractivity contribution is 0.0687. The highest BCUT2D eigenvalue weighted by atomic mass is 32.1. The van der Waals surface area contributed by atoms with Crippen LogP contribution in [0.2, 0.25) is 0 Å². The SMILES string of the molecule is O=C(c1cccc(-n2cnnn2)c1)N1CCC(n2nnc3ccsc3c2=O)CC1. The van der Waals surface area contributed by atoms with Gasteiger partial charge in [-0.3, -0.25) is 9.59 Å². The van der Waals surface area contributed by atoms with Gasteiger partial charge in [-0.1, -0.05) is 11.3 Å². The number of aromatic nitrogens is 7. The Labute approximate surface area is 168 Å². The summed E-state index contributed by atoms with van der Waals surface area (Å²) in [5.41, 5.74) is 1.82. The molecule has 0 aliphatic carbocycles. The molecule has 0 N–H and O–H groups in total. The molecule has 0 spiro atoms. The van der Waals surface area contributed by atoms with E-state index in [0.717, 1.165) is 5.69 Å². The Morgan fingerprint density at radius 3 is 2.79 bits per heavy atom. The fourth-order valence-corrected chi connectivity index (χ4v) is 4.34. The normalized spacial score (nSPS) is 15.1. The Bertz CT molecular complexity index is 1220. The van der Waals surface area contributed by atoms with Crippen LogP contribution in [0.15, 0.2) is 46.8 Å². The molecule has 1 aliphatic heterocycles. The molecule has 1 amide bonds. The monoisotopic (exact) mass is 408 g/mol. The number of amides is 1. The molecule has 11 heteroatoms. The van der Waals surface area contributed by atoms with Crippen LogP contribution in [0.1, 0.15) is 29.2 Å². The van der Waals surface area contributed by atoms with Gasteiger partial charge in [0.1, 0.15) is 16.5 Å². The highest BCUT2D eigenvalue weighted by Gasteiger charge is 2.26. The molecule has 5 rings (SSSR count). The molecule has 29 heavy (non-hydrogen) atoms. The maximum absolute atomic E-state index is 12.9. The van der Waals surface area contributed by atoms with E-state index in [0.29, 0.717) is 41.7 Å². The van der Waals surface area contributed by atoms with Crippen molar-refractivity contribution in [3.63, 3.8) is 0 Å². The number of benzene rings is 1. The van der Waals surface area contributed by atoms with Crippen LogP contribution in [0, 0.1) is 0 Å². The third-order valence-corrected chi connectivity index (χ3v) is 5.99. The zero-order valence-electron chi connectivity index (χ0n) is 15.2. The molecule has 1 aliphatic rings. The van der Waals surface area contributed by atoms with Crippen LogP contribution in [0.3, 0.4) is 0 Å². The van der Waals surface area contributed by atoms with Gasteiger partial charge in [-0.25, -0.2) is 9.36 Å². The van der Waals surface area contributed by atoms with Gasteiger partial charge in [0.2, 0.25) is 0 Å². The number of carbonyl (C=O) groups is 1. The molecule has 10 nitrogen and oxygen atoms in total. The van der Waals surface area contributed by atoms with Crippen molar-refractivity contribution in [1.29, 1.82) is 0 Å². The van der Waals surface area contributed by atoms with Crippen LogP contribution in [0.25, 0.3) is 15.9 Å². The van der Waals surface area contributed by atoms with Gasteiger partial charge >= 0.3 is 0 Å². The van der Waals surface area contributed by atoms with Crippen LogP contribution in [0.5, 0.6) is 0 Å². The Morgan fingerprint density at radius 2 is 2.00 bits per heavy atom. The van der Waals surface area contributed by atoms with E-state index in [1.54, 1.807) is 23.1 Å². The molecule has 0 radical (unpaired) electrons. The van der Waals surface area contributed by atoms with Crippen molar-refractivity contribution in [1.82, 2.24) is 40.1 Å². The van der Waals surface area contributed by atoms with E-state index in [2.05, 4.69) is 25.8 Å². The lowest BCUT2D eigenvalue weighted by Crippen LogP contribution is -2.41. The number of thiophene rings is 1. The predicted molar refractivity (Wildman–Crippen MR) is 105 cm³/mol. The second-order valence-electron chi connectivity index (χ2n) is 6.80. The van der Waals surface area contributed by atoms with Gasteiger partial charge in [0.05, 0.1) is 11.7 Å². The van der Waals surface area contributed by atoms with Gasteiger partial charge in [0.25, 0.3) is 11.5 Å². The van der Waals surface area contributed by atoms with Crippen LogP contribution in [-0.4, -0.2) is 59.1 Å². The Balaban J connectivity index is 1.31. The number of likely N-dealkylation sites (tertiary alicyclic amines) is 1. The molecule has 0 atom stereocenters. The molecule has 4 aromatic rings. The quantitative estimate of drug-likeness (QED) is 0.502. The summed E-state index contributed by atoms with van der Waals surface area (Å²) < 4.78 is 3.60. The van der Waals surface area contributed by atoms with Crippen molar-refractivity contribution in [2.24, 2.45) is 0 Å².